The number of pyridine rings is 2. The minimum Gasteiger partial charge on any atom is -0.383 e. The number of rotatable bonds is 13. The van der Waals surface area contributed by atoms with Gasteiger partial charge in [0.15, 0.2) is 0 Å². The molecular weight excluding hydrogens is 577 g/mol. The highest BCUT2D eigenvalue weighted by molar-refractivity contribution is 7.92. The lowest BCUT2D eigenvalue weighted by atomic mass is 10.3. The molecule has 0 spiro atoms. The van der Waals surface area contributed by atoms with Crippen LogP contribution < -0.4 is 20.3 Å². The van der Waals surface area contributed by atoms with Crippen LogP contribution in [0.4, 0.5) is 28.7 Å². The molecule has 208 valence electrons. The second-order valence-electron chi connectivity index (χ2n) is 8.32. The van der Waals surface area contributed by atoms with Gasteiger partial charge in [-0.05, 0) is 66.7 Å². The number of aromatic nitrogens is 2. The SMILES string of the molecule is O=[N+]([O-])c1cccnc1N(CCNc1cccnc1NCCNc1ccc(Cl)cc1)S(=O)(=O)c1ccc(Cl)cc1. The number of halogens is 2. The zero-order valence-corrected chi connectivity index (χ0v) is 23.3. The van der Waals surface area contributed by atoms with E-state index < -0.39 is 20.6 Å². The zero-order valence-electron chi connectivity index (χ0n) is 21.0. The molecule has 2 aromatic heterocycles. The summed E-state index contributed by atoms with van der Waals surface area (Å²) >= 11 is 11.9. The molecule has 0 radical (unpaired) electrons. The van der Waals surface area contributed by atoms with E-state index in [-0.39, 0.29) is 23.8 Å². The number of nitrogens with zero attached hydrogens (tertiary/aromatic N) is 4. The highest BCUT2D eigenvalue weighted by Gasteiger charge is 2.31. The lowest BCUT2D eigenvalue weighted by Crippen LogP contribution is -2.36. The topological polar surface area (TPSA) is 142 Å². The molecule has 0 bridgehead atoms. The van der Waals surface area contributed by atoms with Gasteiger partial charge in [0, 0.05) is 53.8 Å². The Morgan fingerprint density at radius 2 is 1.43 bits per heavy atom. The molecule has 11 nitrogen and oxygen atoms in total. The highest BCUT2D eigenvalue weighted by atomic mass is 35.5. The first-order valence-corrected chi connectivity index (χ1v) is 14.3. The molecule has 0 saturated carbocycles. The number of benzene rings is 2. The fraction of sp³-hybridized carbons (Fsp3) is 0.154. The quantitative estimate of drug-likeness (QED) is 0.102. The first-order chi connectivity index (χ1) is 19.3. The number of nitro groups is 1. The van der Waals surface area contributed by atoms with E-state index in [1.807, 2.05) is 12.1 Å². The van der Waals surface area contributed by atoms with Crippen LogP contribution in [0.5, 0.6) is 0 Å². The Hall–Kier alpha value is -4.13. The summed E-state index contributed by atoms with van der Waals surface area (Å²) in [6.45, 7) is 1.10. The van der Waals surface area contributed by atoms with E-state index >= 15 is 0 Å². The Morgan fingerprint density at radius 1 is 0.800 bits per heavy atom. The number of hydrogen-bond acceptors (Lipinski definition) is 9. The molecule has 2 aromatic carbocycles. The molecular formula is C26H25Cl2N7O4S. The smallest absolute Gasteiger partial charge is 0.312 e. The van der Waals surface area contributed by atoms with Gasteiger partial charge in [0.2, 0.25) is 5.82 Å². The predicted molar refractivity (Wildman–Crippen MR) is 158 cm³/mol. The van der Waals surface area contributed by atoms with Crippen LogP contribution in [0, 0.1) is 10.1 Å². The fourth-order valence-corrected chi connectivity index (χ4v) is 5.42. The summed E-state index contributed by atoms with van der Waals surface area (Å²) < 4.78 is 28.1. The van der Waals surface area contributed by atoms with E-state index in [9.17, 15) is 18.5 Å². The van der Waals surface area contributed by atoms with Crippen molar-refractivity contribution in [1.82, 2.24) is 9.97 Å². The van der Waals surface area contributed by atoms with Crippen molar-refractivity contribution in [1.29, 1.82) is 0 Å². The van der Waals surface area contributed by atoms with Gasteiger partial charge in [-0.2, -0.15) is 0 Å². The first-order valence-electron chi connectivity index (χ1n) is 12.1. The Kier molecular flexibility index (Phi) is 9.59. The molecule has 3 N–H and O–H groups in total. The van der Waals surface area contributed by atoms with Crippen LogP contribution >= 0.6 is 23.2 Å². The number of hydrogen-bond donors (Lipinski definition) is 3. The van der Waals surface area contributed by atoms with E-state index in [2.05, 4.69) is 25.9 Å². The number of anilines is 4. The third-order valence-electron chi connectivity index (χ3n) is 5.63. The number of nitrogens with one attached hydrogen (secondary N) is 3. The minimum atomic E-state index is -4.22. The van der Waals surface area contributed by atoms with Gasteiger partial charge in [-0.1, -0.05) is 23.2 Å². The molecule has 0 aliphatic rings. The van der Waals surface area contributed by atoms with Gasteiger partial charge < -0.3 is 16.0 Å². The average molecular weight is 603 g/mol. The highest BCUT2D eigenvalue weighted by Crippen LogP contribution is 2.30. The van der Waals surface area contributed by atoms with E-state index in [1.54, 1.807) is 30.5 Å². The van der Waals surface area contributed by atoms with Gasteiger partial charge in [-0.3, -0.25) is 10.1 Å². The summed E-state index contributed by atoms with van der Waals surface area (Å²) in [5.74, 6) is 0.276. The molecule has 0 atom stereocenters. The van der Waals surface area contributed by atoms with Crippen molar-refractivity contribution >= 4 is 61.9 Å². The summed E-state index contributed by atoms with van der Waals surface area (Å²) in [5, 5.41) is 22.4. The second kappa shape index (κ2) is 13.3. The monoisotopic (exact) mass is 601 g/mol. The van der Waals surface area contributed by atoms with Crippen molar-refractivity contribution < 1.29 is 13.3 Å². The third kappa shape index (κ3) is 7.29. The van der Waals surface area contributed by atoms with Crippen molar-refractivity contribution in [2.24, 2.45) is 0 Å². The van der Waals surface area contributed by atoms with E-state index in [4.69, 9.17) is 23.2 Å². The normalized spacial score (nSPS) is 11.1. The molecule has 2 heterocycles. The summed E-state index contributed by atoms with van der Waals surface area (Å²) in [7, 11) is -4.22. The summed E-state index contributed by atoms with van der Waals surface area (Å²) in [4.78, 5) is 19.4. The Labute approximate surface area is 241 Å². The van der Waals surface area contributed by atoms with Crippen molar-refractivity contribution in [3.05, 3.63) is 105 Å². The Morgan fingerprint density at radius 3 is 2.12 bits per heavy atom. The van der Waals surface area contributed by atoms with E-state index in [0.29, 0.717) is 34.6 Å². The molecule has 0 amide bonds. The van der Waals surface area contributed by atoms with Crippen molar-refractivity contribution in [3.8, 4) is 0 Å². The van der Waals surface area contributed by atoms with Gasteiger partial charge in [0.25, 0.3) is 10.0 Å². The standard InChI is InChI=1S/C26H25Cl2N7O4S/c27-19-5-9-21(10-6-19)29-15-16-32-25-23(3-1-13-31-25)30-17-18-34(26-24(35(36)37)4-2-14-33-26)40(38,39)22-11-7-20(28)8-12-22/h1-14,29-30H,15-18H2,(H,31,32). The molecule has 0 fully saturated rings. The van der Waals surface area contributed by atoms with Gasteiger partial charge in [0.05, 0.1) is 22.1 Å². The summed E-state index contributed by atoms with van der Waals surface area (Å²) in [6, 6.07) is 19.0. The van der Waals surface area contributed by atoms with Crippen LogP contribution in [0.2, 0.25) is 10.0 Å². The fourth-order valence-electron chi connectivity index (χ4n) is 3.73. The van der Waals surface area contributed by atoms with Crippen molar-refractivity contribution in [3.63, 3.8) is 0 Å². The Bertz CT molecular complexity index is 1560. The maximum atomic E-state index is 13.6. The van der Waals surface area contributed by atoms with E-state index in [0.717, 1.165) is 9.99 Å². The molecule has 0 aliphatic carbocycles. The molecule has 14 heteroatoms. The maximum Gasteiger partial charge on any atom is 0.312 e. The Balaban J connectivity index is 1.47. The molecule has 0 saturated heterocycles. The van der Waals surface area contributed by atoms with E-state index in [1.165, 1.54) is 42.6 Å². The first kappa shape index (κ1) is 28.9. The molecule has 4 aromatic rings. The van der Waals surface area contributed by atoms with Gasteiger partial charge in [-0.25, -0.2) is 22.7 Å². The predicted octanol–water partition coefficient (Wildman–Crippen LogP) is 5.52. The van der Waals surface area contributed by atoms with Gasteiger partial charge in [0.1, 0.15) is 5.82 Å². The van der Waals surface area contributed by atoms with Crippen LogP contribution in [0.25, 0.3) is 0 Å². The molecule has 4 rings (SSSR count). The average Bonchev–Trinajstić information content (AvgIpc) is 2.95. The lowest BCUT2D eigenvalue weighted by Gasteiger charge is -2.24. The molecule has 0 unspecified atom stereocenters. The van der Waals surface area contributed by atoms with Crippen LogP contribution in [0.1, 0.15) is 0 Å². The number of sulfonamides is 1. The largest absolute Gasteiger partial charge is 0.383 e. The van der Waals surface area contributed by atoms with Gasteiger partial charge >= 0.3 is 5.69 Å². The molecule has 0 aliphatic heterocycles. The summed E-state index contributed by atoms with van der Waals surface area (Å²) in [5.41, 5.74) is 1.13. The zero-order chi connectivity index (χ0) is 28.5. The van der Waals surface area contributed by atoms with Crippen LogP contribution in [0.15, 0.2) is 90.1 Å². The van der Waals surface area contributed by atoms with Crippen LogP contribution in [0.3, 0.4) is 0 Å². The summed E-state index contributed by atoms with van der Waals surface area (Å²) in [6.07, 6.45) is 2.94. The van der Waals surface area contributed by atoms with Crippen LogP contribution in [-0.2, 0) is 10.0 Å². The van der Waals surface area contributed by atoms with Crippen molar-refractivity contribution in [2.75, 3.05) is 46.4 Å². The second-order valence-corrected chi connectivity index (χ2v) is 11.1. The molecule has 40 heavy (non-hydrogen) atoms. The van der Waals surface area contributed by atoms with Crippen LogP contribution in [-0.4, -0.2) is 49.5 Å². The van der Waals surface area contributed by atoms with Crippen molar-refractivity contribution in [2.45, 2.75) is 4.90 Å². The third-order valence-corrected chi connectivity index (χ3v) is 7.94. The maximum absolute atomic E-state index is 13.6. The van der Waals surface area contributed by atoms with Gasteiger partial charge in [-0.15, -0.1) is 0 Å². The minimum absolute atomic E-state index is 0.0752. The lowest BCUT2D eigenvalue weighted by molar-refractivity contribution is -0.384.